The number of nitrogens with zero attached hydrogens (tertiary/aromatic N) is 6. The number of amides is 1. The Morgan fingerprint density at radius 2 is 1.76 bits per heavy atom. The summed E-state index contributed by atoms with van der Waals surface area (Å²) in [5, 5.41) is 4.82. The number of hydrogen-bond donors (Lipinski definition) is 0. The van der Waals surface area contributed by atoms with Crippen LogP contribution < -0.4 is 10.5 Å². The van der Waals surface area contributed by atoms with E-state index in [2.05, 4.69) is 15.0 Å². The van der Waals surface area contributed by atoms with Crippen molar-refractivity contribution in [2.24, 2.45) is 0 Å². The van der Waals surface area contributed by atoms with E-state index < -0.39 is 0 Å². The van der Waals surface area contributed by atoms with E-state index >= 15 is 0 Å². The molecule has 5 rings (SSSR count). The number of carbonyl (C=O) groups excluding carboxylic acids is 1. The van der Waals surface area contributed by atoms with Gasteiger partial charge in [0.05, 0.1) is 5.02 Å². The van der Waals surface area contributed by atoms with Crippen LogP contribution in [0.2, 0.25) is 5.02 Å². The quantitative estimate of drug-likeness (QED) is 0.449. The molecule has 1 aliphatic rings. The molecule has 1 fully saturated rings. The first-order valence-electron chi connectivity index (χ1n) is 10.9. The van der Waals surface area contributed by atoms with Crippen molar-refractivity contribution in [2.45, 2.75) is 13.5 Å². The number of halogens is 2. The van der Waals surface area contributed by atoms with Crippen molar-refractivity contribution in [2.75, 3.05) is 31.1 Å². The third-order valence-corrected chi connectivity index (χ3v) is 6.36. The van der Waals surface area contributed by atoms with Crippen molar-refractivity contribution in [1.82, 2.24) is 24.1 Å². The van der Waals surface area contributed by atoms with Gasteiger partial charge in [-0.15, -0.1) is 5.10 Å². The first-order valence-corrected chi connectivity index (χ1v) is 11.3. The molecule has 4 aromatic rings. The minimum atomic E-state index is -0.324. The molecule has 1 saturated heterocycles. The van der Waals surface area contributed by atoms with E-state index in [4.69, 9.17) is 11.6 Å². The van der Waals surface area contributed by atoms with Crippen molar-refractivity contribution in [3.05, 3.63) is 81.5 Å². The van der Waals surface area contributed by atoms with E-state index in [-0.39, 0.29) is 23.8 Å². The molecule has 1 amide bonds. The number of aryl methyl sites for hydroxylation is 1. The van der Waals surface area contributed by atoms with Gasteiger partial charge < -0.3 is 14.4 Å². The summed E-state index contributed by atoms with van der Waals surface area (Å²) in [7, 11) is 0. The number of hydrogen-bond acceptors (Lipinski definition) is 5. The molecule has 3 heterocycles. The van der Waals surface area contributed by atoms with Crippen LogP contribution >= 0.6 is 11.6 Å². The molecule has 2 aromatic heterocycles. The number of anilines is 1. The van der Waals surface area contributed by atoms with E-state index in [0.29, 0.717) is 54.1 Å². The lowest BCUT2D eigenvalue weighted by atomic mass is 10.2. The highest BCUT2D eigenvalue weighted by molar-refractivity contribution is 6.33. The molecule has 0 N–H and O–H groups in total. The number of rotatable bonds is 4. The Morgan fingerprint density at radius 1 is 1.06 bits per heavy atom. The van der Waals surface area contributed by atoms with Crippen LogP contribution in [0.25, 0.3) is 17.2 Å². The van der Waals surface area contributed by atoms with Gasteiger partial charge in [0, 0.05) is 49.2 Å². The van der Waals surface area contributed by atoms with Gasteiger partial charge in [-0.1, -0.05) is 23.7 Å². The summed E-state index contributed by atoms with van der Waals surface area (Å²) in [6.07, 6.45) is 0. The number of carbonyl (C=O) groups is 1. The molecule has 34 heavy (non-hydrogen) atoms. The van der Waals surface area contributed by atoms with Gasteiger partial charge >= 0.3 is 0 Å². The summed E-state index contributed by atoms with van der Waals surface area (Å²) in [6.45, 7) is 4.19. The standard InChI is InChI=1S/C24H22ClFN6O2/c1-16-14-21(33)32-24(27-23(28-32)19-4-2-3-5-20(19)25)31(16)15-22(34)30-12-10-29(11-13-30)18-8-6-17(26)7-9-18/h2-9,14H,10-13,15H2,1H3. The van der Waals surface area contributed by atoms with Gasteiger partial charge in [0.1, 0.15) is 12.4 Å². The Hall–Kier alpha value is -3.72. The molecule has 10 heteroatoms. The first-order chi connectivity index (χ1) is 16.4. The van der Waals surface area contributed by atoms with Crippen molar-refractivity contribution < 1.29 is 9.18 Å². The smallest absolute Gasteiger partial charge is 0.275 e. The Morgan fingerprint density at radius 3 is 2.47 bits per heavy atom. The summed E-state index contributed by atoms with van der Waals surface area (Å²) in [4.78, 5) is 34.2. The second-order valence-corrected chi connectivity index (χ2v) is 8.59. The molecule has 0 bridgehead atoms. The molecule has 1 aliphatic heterocycles. The highest BCUT2D eigenvalue weighted by Crippen LogP contribution is 2.25. The van der Waals surface area contributed by atoms with Gasteiger partial charge in [-0.25, -0.2) is 4.39 Å². The molecule has 8 nitrogen and oxygen atoms in total. The molecule has 2 aromatic carbocycles. The van der Waals surface area contributed by atoms with Crippen LogP contribution in [0, 0.1) is 12.7 Å². The van der Waals surface area contributed by atoms with Gasteiger partial charge in [0.25, 0.3) is 5.56 Å². The molecule has 0 saturated carbocycles. The van der Waals surface area contributed by atoms with E-state index in [1.807, 2.05) is 6.07 Å². The maximum atomic E-state index is 13.2. The van der Waals surface area contributed by atoms with Crippen molar-refractivity contribution in [3.63, 3.8) is 0 Å². The minimum absolute atomic E-state index is 0.0345. The fraction of sp³-hybridized carbons (Fsp3) is 0.250. The summed E-state index contributed by atoms with van der Waals surface area (Å²) >= 11 is 6.29. The number of benzene rings is 2. The van der Waals surface area contributed by atoms with Gasteiger partial charge in [0.2, 0.25) is 11.7 Å². The van der Waals surface area contributed by atoms with Crippen LogP contribution in [-0.2, 0) is 11.3 Å². The molecule has 0 atom stereocenters. The molecule has 174 valence electrons. The molecule has 0 unspecified atom stereocenters. The van der Waals surface area contributed by atoms with E-state index in [0.717, 1.165) is 5.69 Å². The summed E-state index contributed by atoms with van der Waals surface area (Å²) in [6, 6.07) is 14.9. The lowest BCUT2D eigenvalue weighted by Gasteiger charge is -2.36. The first kappa shape index (κ1) is 22.1. The topological polar surface area (TPSA) is 75.7 Å². The van der Waals surface area contributed by atoms with Crippen molar-refractivity contribution >= 4 is 29.0 Å². The summed E-state index contributed by atoms with van der Waals surface area (Å²) in [5.41, 5.74) is 1.84. The third-order valence-electron chi connectivity index (χ3n) is 6.03. The zero-order valence-corrected chi connectivity index (χ0v) is 19.2. The Labute approximate surface area is 199 Å². The molecule has 0 spiro atoms. The predicted molar refractivity (Wildman–Crippen MR) is 128 cm³/mol. The average molecular weight is 481 g/mol. The van der Waals surface area contributed by atoms with E-state index in [1.165, 1.54) is 22.7 Å². The Kier molecular flexibility index (Phi) is 5.79. The third kappa shape index (κ3) is 4.14. The van der Waals surface area contributed by atoms with Crippen LogP contribution in [-0.4, -0.2) is 56.2 Å². The zero-order valence-electron chi connectivity index (χ0n) is 18.5. The average Bonchev–Trinajstić information content (AvgIpc) is 3.28. The lowest BCUT2D eigenvalue weighted by Crippen LogP contribution is -2.49. The van der Waals surface area contributed by atoms with Gasteiger partial charge in [0.15, 0.2) is 5.82 Å². The van der Waals surface area contributed by atoms with Crippen molar-refractivity contribution in [3.8, 4) is 11.4 Å². The Bertz CT molecular complexity index is 1420. The summed E-state index contributed by atoms with van der Waals surface area (Å²) < 4.78 is 16.1. The maximum absolute atomic E-state index is 13.2. The van der Waals surface area contributed by atoms with E-state index in [1.54, 1.807) is 46.7 Å². The maximum Gasteiger partial charge on any atom is 0.275 e. The fourth-order valence-electron chi connectivity index (χ4n) is 4.16. The monoisotopic (exact) mass is 480 g/mol. The number of aromatic nitrogens is 4. The highest BCUT2D eigenvalue weighted by Gasteiger charge is 2.23. The van der Waals surface area contributed by atoms with Gasteiger partial charge in [-0.3, -0.25) is 9.59 Å². The molecule has 0 aliphatic carbocycles. The highest BCUT2D eigenvalue weighted by atomic mass is 35.5. The second kappa shape index (κ2) is 8.90. The summed E-state index contributed by atoms with van der Waals surface area (Å²) in [5.74, 6) is 0.266. The van der Waals surface area contributed by atoms with E-state index in [9.17, 15) is 14.0 Å². The molecule has 0 radical (unpaired) electrons. The number of fused-ring (bicyclic) bond motifs is 1. The van der Waals surface area contributed by atoms with Gasteiger partial charge in [-0.2, -0.15) is 9.50 Å². The predicted octanol–water partition coefficient (Wildman–Crippen LogP) is 3.01. The van der Waals surface area contributed by atoms with Crippen LogP contribution in [0.4, 0.5) is 10.1 Å². The second-order valence-electron chi connectivity index (χ2n) is 8.18. The largest absolute Gasteiger partial charge is 0.368 e. The fourth-order valence-corrected chi connectivity index (χ4v) is 4.38. The van der Waals surface area contributed by atoms with Crippen LogP contribution in [0.15, 0.2) is 59.4 Å². The SMILES string of the molecule is Cc1cc(=O)n2nc(-c3ccccc3Cl)nc2n1CC(=O)N1CCN(c2ccc(F)cc2)CC1. The van der Waals surface area contributed by atoms with Crippen LogP contribution in [0.3, 0.4) is 0 Å². The van der Waals surface area contributed by atoms with Crippen LogP contribution in [0.5, 0.6) is 0 Å². The number of piperazine rings is 1. The van der Waals surface area contributed by atoms with Crippen LogP contribution in [0.1, 0.15) is 5.69 Å². The molecular formula is C24H22ClFN6O2. The Balaban J connectivity index is 1.37. The van der Waals surface area contributed by atoms with Crippen molar-refractivity contribution in [1.29, 1.82) is 0 Å². The minimum Gasteiger partial charge on any atom is -0.368 e. The lowest BCUT2D eigenvalue weighted by molar-refractivity contribution is -0.132. The van der Waals surface area contributed by atoms with Gasteiger partial charge in [-0.05, 0) is 43.3 Å². The molecular weight excluding hydrogens is 459 g/mol. The normalized spacial score (nSPS) is 14.1. The zero-order chi connectivity index (χ0) is 23.8.